The van der Waals surface area contributed by atoms with E-state index < -0.39 is 29.6 Å². The summed E-state index contributed by atoms with van der Waals surface area (Å²) in [5.41, 5.74) is 18.2. The topological polar surface area (TPSA) is 0 Å². The number of benzene rings is 4. The van der Waals surface area contributed by atoms with E-state index in [0.717, 1.165) is 12.8 Å². The van der Waals surface area contributed by atoms with Crippen LogP contribution in [0.1, 0.15) is 53.6 Å². The maximum atomic E-state index is 5.43. The van der Waals surface area contributed by atoms with Crippen molar-refractivity contribution in [2.45, 2.75) is 33.3 Å². The van der Waals surface area contributed by atoms with Gasteiger partial charge >= 0.3 is 231 Å². The average molecular weight is 766 g/mol. The molecular formula is C38H32Cl2HfSi. The zero-order chi connectivity index (χ0) is 28.8. The Morgan fingerprint density at radius 3 is 1.33 bits per heavy atom. The normalized spacial score (nSPS) is 18.9. The second kappa shape index (κ2) is 11.5. The second-order valence-electron chi connectivity index (χ2n) is 11.7. The molecule has 0 heterocycles. The Labute approximate surface area is 271 Å². The number of rotatable bonds is 4. The van der Waals surface area contributed by atoms with E-state index in [9.17, 15) is 0 Å². The summed E-state index contributed by atoms with van der Waals surface area (Å²) in [5.74, 6) is 0. The van der Waals surface area contributed by atoms with Crippen molar-refractivity contribution in [3.8, 4) is 22.3 Å². The summed E-state index contributed by atoms with van der Waals surface area (Å²) in [5, 5.41) is 0. The van der Waals surface area contributed by atoms with Crippen molar-refractivity contribution in [2.75, 3.05) is 0 Å². The number of halogens is 2. The van der Waals surface area contributed by atoms with Gasteiger partial charge in [-0.05, 0) is 13.1 Å². The zero-order valence-electron chi connectivity index (χ0n) is 23.9. The molecule has 4 aliphatic rings. The van der Waals surface area contributed by atoms with Crippen LogP contribution < -0.4 is 0 Å². The quantitative estimate of drug-likeness (QED) is 0.143. The van der Waals surface area contributed by atoms with Crippen molar-refractivity contribution >= 4 is 40.0 Å². The van der Waals surface area contributed by atoms with Crippen LogP contribution in [0.3, 0.4) is 0 Å². The molecule has 0 saturated carbocycles. The minimum atomic E-state index is -1.67. The average Bonchev–Trinajstić information content (AvgIpc) is 3.79. The largest absolute Gasteiger partial charge is 0.245 e. The fraction of sp³-hybridized carbons (Fsp3) is 0.158. The summed E-state index contributed by atoms with van der Waals surface area (Å²) in [6.07, 6.45) is 15.8. The first-order valence-corrected chi connectivity index (χ1v) is 23.9. The van der Waals surface area contributed by atoms with Crippen LogP contribution in [0, 0.1) is 0 Å². The number of hydrogen-bond acceptors (Lipinski definition) is 0. The van der Waals surface area contributed by atoms with Crippen molar-refractivity contribution in [3.63, 3.8) is 0 Å². The molecule has 4 aromatic rings. The van der Waals surface area contributed by atoms with Gasteiger partial charge in [0.15, 0.2) is 0 Å². The summed E-state index contributed by atoms with van der Waals surface area (Å²) in [6, 6.07) is 32.6. The molecule has 4 aromatic carbocycles. The fourth-order valence-electron chi connectivity index (χ4n) is 6.89. The maximum absolute atomic E-state index is 5.43. The van der Waals surface area contributed by atoms with Gasteiger partial charge in [0.05, 0.1) is 0 Å². The Morgan fingerprint density at radius 2 is 0.929 bits per heavy atom. The molecule has 0 N–H and O–H groups in total. The number of allylic oxidation sites excluding steroid dienone is 8. The van der Waals surface area contributed by atoms with Gasteiger partial charge < -0.3 is 0 Å². The van der Waals surface area contributed by atoms with E-state index in [1.165, 1.54) is 44.5 Å². The van der Waals surface area contributed by atoms with E-state index in [1.54, 1.807) is 22.3 Å². The molecule has 4 aliphatic carbocycles. The van der Waals surface area contributed by atoms with Crippen LogP contribution >= 0.6 is 22.2 Å². The summed E-state index contributed by atoms with van der Waals surface area (Å²) in [7, 11) is 0. The van der Waals surface area contributed by atoms with E-state index in [-0.39, 0.29) is 0 Å². The third-order valence-electron chi connectivity index (χ3n) is 8.48. The van der Waals surface area contributed by atoms with Crippen LogP contribution in [0.15, 0.2) is 121 Å². The van der Waals surface area contributed by atoms with Crippen molar-refractivity contribution in [3.05, 3.63) is 155 Å². The number of hydrogen-bond donors (Lipinski definition) is 0. The smallest absolute Gasteiger partial charge is 0.146 e. The van der Waals surface area contributed by atoms with Crippen LogP contribution in [0.5, 0.6) is 0 Å². The molecule has 0 nitrogen and oxygen atoms in total. The van der Waals surface area contributed by atoms with Crippen LogP contribution in [0.2, 0.25) is 13.1 Å². The molecule has 2 atom stereocenters. The maximum Gasteiger partial charge on any atom is 0.245 e. The third kappa shape index (κ3) is 5.26. The van der Waals surface area contributed by atoms with Gasteiger partial charge in [0.1, 0.15) is 0 Å². The first kappa shape index (κ1) is 28.3. The molecule has 0 aromatic heterocycles. The Bertz CT molecular complexity index is 1690. The van der Waals surface area contributed by atoms with Crippen molar-refractivity contribution in [1.29, 1.82) is 0 Å². The molecule has 8 rings (SSSR count). The first-order valence-electron chi connectivity index (χ1n) is 14.7. The van der Waals surface area contributed by atoms with Crippen LogP contribution in [0.4, 0.5) is 0 Å². The summed E-state index contributed by atoms with van der Waals surface area (Å²) in [4.78, 5) is 0. The van der Waals surface area contributed by atoms with Crippen LogP contribution in [-0.2, 0) is 22.9 Å². The Kier molecular flexibility index (Phi) is 7.77. The Morgan fingerprint density at radius 1 is 0.548 bits per heavy atom. The molecular weight excluding hydrogens is 734 g/mol. The van der Waals surface area contributed by atoms with Gasteiger partial charge in [-0.3, -0.25) is 0 Å². The molecule has 42 heavy (non-hydrogen) atoms. The Hall–Kier alpha value is -2.49. The molecule has 4 heteroatoms. The Balaban J connectivity index is 0.000000534. The van der Waals surface area contributed by atoms with Gasteiger partial charge in [-0.2, -0.15) is 0 Å². The molecule has 0 bridgehead atoms. The van der Waals surface area contributed by atoms with Gasteiger partial charge in [0.25, 0.3) is 0 Å². The fourth-order valence-corrected chi connectivity index (χ4v) is 14.6. The number of fused-ring (bicyclic) bond motifs is 6. The van der Waals surface area contributed by atoms with Crippen molar-refractivity contribution in [1.82, 2.24) is 0 Å². The molecule has 0 aliphatic heterocycles. The van der Waals surface area contributed by atoms with E-state index in [4.69, 9.17) is 22.2 Å². The van der Waals surface area contributed by atoms with Crippen LogP contribution in [-0.4, -0.2) is 6.69 Å². The molecule has 0 spiro atoms. The van der Waals surface area contributed by atoms with Gasteiger partial charge in [0.2, 0.25) is 6.69 Å². The molecule has 0 radical (unpaired) electrons. The van der Waals surface area contributed by atoms with E-state index >= 15 is 0 Å². The van der Waals surface area contributed by atoms with Gasteiger partial charge in [-0.1, -0.05) is 0 Å². The minimum absolute atomic E-state index is 0.566. The summed E-state index contributed by atoms with van der Waals surface area (Å²) >= 11 is 9.51. The van der Waals surface area contributed by atoms with Gasteiger partial charge in [-0.15, -0.1) is 22.2 Å². The molecule has 0 fully saturated rings. The summed E-state index contributed by atoms with van der Waals surface area (Å²) < 4.78 is 1.13. The predicted octanol–water partition coefficient (Wildman–Crippen LogP) is 11.5. The molecule has 2 unspecified atom stereocenters. The predicted molar refractivity (Wildman–Crippen MR) is 180 cm³/mol. The molecule has 0 saturated heterocycles. The third-order valence-corrected chi connectivity index (χ3v) is 15.2. The molecule has 206 valence electrons. The van der Waals surface area contributed by atoms with Crippen molar-refractivity contribution < 1.29 is 22.9 Å². The summed E-state index contributed by atoms with van der Waals surface area (Å²) in [6.45, 7) is 2.05. The SMILES string of the molecule is C1=CCC(c2cccc3c2[CH]([Hf][CH]2c4ccccc4-c4cccc(C5=CC=CC5)c42)c2ccccc2-3)=C1.C[Si](C)(Cl)Cl. The monoisotopic (exact) mass is 766 g/mol. The zero-order valence-corrected chi connectivity index (χ0v) is 30.0. The van der Waals surface area contributed by atoms with E-state index in [1.807, 2.05) is 13.1 Å². The van der Waals surface area contributed by atoms with Crippen molar-refractivity contribution in [2.24, 2.45) is 0 Å². The minimum Gasteiger partial charge on any atom is -0.146 e. The van der Waals surface area contributed by atoms with Gasteiger partial charge in [-0.25, -0.2) is 0 Å². The second-order valence-corrected chi connectivity index (χ2v) is 26.0. The van der Waals surface area contributed by atoms with E-state index in [0.29, 0.717) is 7.35 Å². The van der Waals surface area contributed by atoms with Gasteiger partial charge in [0, 0.05) is 0 Å². The standard InChI is InChI=1S/2C18H13.C2H6Cl2Si.Hf/c2*1-2-7-13(6-1)15-10-5-11-17-16-9-4-3-8-14(16)12-18(15)17;1-5(2,3)4;/h2*1-6,8-12H,7H2;1-2H3;. The first-order chi connectivity index (χ1) is 20.4. The van der Waals surface area contributed by atoms with Crippen LogP contribution in [0.25, 0.3) is 33.4 Å². The molecule has 0 amide bonds. The van der Waals surface area contributed by atoms with E-state index in [2.05, 4.69) is 121 Å².